The van der Waals surface area contributed by atoms with Gasteiger partial charge in [0.25, 0.3) is 5.91 Å². The van der Waals surface area contributed by atoms with Gasteiger partial charge >= 0.3 is 5.97 Å². The van der Waals surface area contributed by atoms with Crippen LogP contribution in [0.5, 0.6) is 17.2 Å². The Morgan fingerprint density at radius 1 is 0.974 bits per heavy atom. The van der Waals surface area contributed by atoms with Crippen molar-refractivity contribution in [1.82, 2.24) is 5.01 Å². The van der Waals surface area contributed by atoms with Crippen LogP contribution in [0, 0.1) is 5.92 Å². The first-order chi connectivity index (χ1) is 19.0. The summed E-state index contributed by atoms with van der Waals surface area (Å²) in [6.07, 6.45) is 4.86. The van der Waals surface area contributed by atoms with Crippen LogP contribution < -0.4 is 14.2 Å². The highest BCUT2D eigenvalue weighted by atomic mass is 16.5. The van der Waals surface area contributed by atoms with E-state index in [1.807, 2.05) is 48.5 Å². The number of hydrogen-bond acceptors (Lipinski definition) is 6. The van der Waals surface area contributed by atoms with Gasteiger partial charge in [0.2, 0.25) is 0 Å². The van der Waals surface area contributed by atoms with E-state index in [4.69, 9.17) is 19.3 Å². The molecule has 39 heavy (non-hydrogen) atoms. The van der Waals surface area contributed by atoms with Gasteiger partial charge in [-0.25, -0.2) is 9.80 Å². The highest BCUT2D eigenvalue weighted by molar-refractivity contribution is 6.08. The van der Waals surface area contributed by atoms with Crippen LogP contribution in [-0.2, 0) is 4.79 Å². The highest BCUT2D eigenvalue weighted by Crippen LogP contribution is 2.44. The summed E-state index contributed by atoms with van der Waals surface area (Å²) in [5.41, 5.74) is 3.99. The molecule has 3 aromatic rings. The van der Waals surface area contributed by atoms with Gasteiger partial charge in [-0.2, -0.15) is 5.10 Å². The number of aromatic carboxylic acids is 1. The number of rotatable bonds is 8. The average Bonchev–Trinajstić information content (AvgIpc) is 3.37. The minimum absolute atomic E-state index is 0.00289. The van der Waals surface area contributed by atoms with E-state index in [0.29, 0.717) is 0 Å². The maximum Gasteiger partial charge on any atom is 0.339 e. The van der Waals surface area contributed by atoms with E-state index >= 15 is 0 Å². The second-order valence-electron chi connectivity index (χ2n) is 9.47. The molecule has 8 nitrogen and oxygen atoms in total. The van der Waals surface area contributed by atoms with E-state index in [1.54, 1.807) is 32.4 Å². The fraction of sp³-hybridized carbons (Fsp3) is 0.258. The summed E-state index contributed by atoms with van der Waals surface area (Å²) in [6, 6.07) is 21.5. The van der Waals surface area contributed by atoms with Crippen molar-refractivity contribution in [3.05, 3.63) is 95.1 Å². The second-order valence-corrected chi connectivity index (χ2v) is 9.47. The van der Waals surface area contributed by atoms with E-state index < -0.39 is 5.97 Å². The zero-order chi connectivity index (χ0) is 27.4. The molecule has 1 amide bonds. The Kier molecular flexibility index (Phi) is 7.63. The predicted molar refractivity (Wildman–Crippen MR) is 147 cm³/mol. The first kappa shape index (κ1) is 26.0. The largest absolute Gasteiger partial charge is 0.497 e. The molecule has 2 aliphatic rings. The number of carboxylic acid groups (broad SMARTS) is 1. The number of amides is 1. The summed E-state index contributed by atoms with van der Waals surface area (Å²) >= 11 is 0. The summed E-state index contributed by atoms with van der Waals surface area (Å²) in [5.74, 6) is 0.220. The summed E-state index contributed by atoms with van der Waals surface area (Å²) < 4.78 is 16.3. The third-order valence-corrected chi connectivity index (χ3v) is 7.14. The Labute approximate surface area is 227 Å². The normalized spacial score (nSPS) is 19.3. The first-order valence-corrected chi connectivity index (χ1v) is 12.8. The number of methoxy groups -OCH3 is 2. The lowest BCUT2D eigenvalue weighted by atomic mass is 9.77. The molecule has 1 aliphatic heterocycles. The van der Waals surface area contributed by atoms with Crippen molar-refractivity contribution in [1.29, 1.82) is 0 Å². The van der Waals surface area contributed by atoms with E-state index in [0.717, 1.165) is 53.2 Å². The number of carboxylic acids is 1. The number of para-hydroxylation sites is 1. The minimum atomic E-state index is -1.12. The van der Waals surface area contributed by atoms with Gasteiger partial charge in [0.05, 0.1) is 26.0 Å². The van der Waals surface area contributed by atoms with E-state index in [-0.39, 0.29) is 35.8 Å². The maximum absolute atomic E-state index is 13.6. The predicted octanol–water partition coefficient (Wildman–Crippen LogP) is 5.60. The number of fused-ring (bicyclic) bond motifs is 1. The first-order valence-electron chi connectivity index (χ1n) is 12.8. The van der Waals surface area contributed by atoms with Gasteiger partial charge in [0.15, 0.2) is 6.61 Å². The zero-order valence-corrected chi connectivity index (χ0v) is 21.9. The van der Waals surface area contributed by atoms with Gasteiger partial charge in [0.1, 0.15) is 22.8 Å². The van der Waals surface area contributed by atoms with Gasteiger partial charge in [-0.05, 0) is 78.4 Å². The van der Waals surface area contributed by atoms with Crippen molar-refractivity contribution in [3.8, 4) is 17.2 Å². The number of hydrazone groups is 1. The van der Waals surface area contributed by atoms with Gasteiger partial charge in [-0.15, -0.1) is 0 Å². The lowest BCUT2D eigenvalue weighted by Gasteiger charge is -2.29. The van der Waals surface area contributed by atoms with Gasteiger partial charge in [-0.1, -0.05) is 36.4 Å². The summed E-state index contributed by atoms with van der Waals surface area (Å²) in [6.45, 7) is -0.335. The number of carbonyl (C=O) groups excluding carboxylic acids is 1. The van der Waals surface area contributed by atoms with Crippen LogP contribution in [0.1, 0.15) is 46.8 Å². The molecule has 0 spiro atoms. The molecular formula is C31H30N2O6. The van der Waals surface area contributed by atoms with Crippen LogP contribution in [0.15, 0.2) is 83.5 Å². The Bertz CT molecular complexity index is 1410. The summed E-state index contributed by atoms with van der Waals surface area (Å²) in [5, 5.41) is 15.9. The highest BCUT2D eigenvalue weighted by Gasteiger charge is 2.43. The molecule has 3 aromatic carbocycles. The van der Waals surface area contributed by atoms with Crippen LogP contribution in [0.3, 0.4) is 0 Å². The zero-order valence-electron chi connectivity index (χ0n) is 21.9. The van der Waals surface area contributed by atoms with Crippen LogP contribution in [0.25, 0.3) is 6.08 Å². The molecule has 0 saturated heterocycles. The van der Waals surface area contributed by atoms with Crippen molar-refractivity contribution >= 4 is 23.7 Å². The second kappa shape index (κ2) is 11.4. The number of hydrogen-bond donors (Lipinski definition) is 1. The lowest BCUT2D eigenvalue weighted by molar-refractivity contribution is -0.135. The number of nitrogens with zero attached hydrogens (tertiary/aromatic N) is 2. The van der Waals surface area contributed by atoms with Gasteiger partial charge in [0, 0.05) is 5.92 Å². The molecule has 1 heterocycles. The SMILES string of the molecule is COc1ccc(C=C2CCCC3C2=NN(C(=O)COc2ccccc2C(=O)O)C3c2ccc(OC)cc2)cc1. The topological polar surface area (TPSA) is 97.7 Å². The molecule has 0 aromatic heterocycles. The molecule has 2 unspecified atom stereocenters. The monoisotopic (exact) mass is 526 g/mol. The fourth-order valence-corrected chi connectivity index (χ4v) is 5.22. The standard InChI is InChI=1S/C31H30N2O6/c1-37-23-14-10-20(11-15-23)18-22-6-5-8-26-29(22)32-33(30(26)21-12-16-24(38-2)17-13-21)28(34)19-39-27-9-4-3-7-25(27)31(35)36/h3-4,7,9-18,26,30H,5-6,8,19H2,1-2H3,(H,35,36). The fourth-order valence-electron chi connectivity index (χ4n) is 5.22. The van der Waals surface area contributed by atoms with Crippen molar-refractivity contribution in [3.63, 3.8) is 0 Å². The Balaban J connectivity index is 1.46. The molecule has 200 valence electrons. The lowest BCUT2D eigenvalue weighted by Crippen LogP contribution is -2.34. The molecular weight excluding hydrogens is 496 g/mol. The Morgan fingerprint density at radius 3 is 2.31 bits per heavy atom. The molecule has 1 saturated carbocycles. The van der Waals surface area contributed by atoms with Crippen LogP contribution in [0.2, 0.25) is 0 Å². The molecule has 2 atom stereocenters. The van der Waals surface area contributed by atoms with Crippen molar-refractivity contribution in [2.24, 2.45) is 11.0 Å². The van der Waals surface area contributed by atoms with E-state index in [9.17, 15) is 14.7 Å². The van der Waals surface area contributed by atoms with Crippen LogP contribution >= 0.6 is 0 Å². The summed E-state index contributed by atoms with van der Waals surface area (Å²) in [7, 11) is 3.26. The number of ether oxygens (including phenoxy) is 3. The van der Waals surface area contributed by atoms with Crippen LogP contribution in [-0.4, -0.2) is 48.5 Å². The number of allylic oxidation sites excluding steroid dienone is 1. The Hall–Kier alpha value is -4.59. The van der Waals surface area contributed by atoms with Gasteiger partial charge in [-0.3, -0.25) is 4.79 Å². The van der Waals surface area contributed by atoms with Crippen molar-refractivity contribution in [2.45, 2.75) is 25.3 Å². The third-order valence-electron chi connectivity index (χ3n) is 7.14. The summed E-state index contributed by atoms with van der Waals surface area (Å²) in [4.78, 5) is 25.2. The maximum atomic E-state index is 13.6. The molecule has 1 N–H and O–H groups in total. The minimum Gasteiger partial charge on any atom is -0.497 e. The molecule has 8 heteroatoms. The molecule has 0 radical (unpaired) electrons. The third kappa shape index (κ3) is 5.50. The Morgan fingerprint density at radius 2 is 1.64 bits per heavy atom. The number of carbonyl (C=O) groups is 2. The van der Waals surface area contributed by atoms with E-state index in [1.165, 1.54) is 11.1 Å². The van der Waals surface area contributed by atoms with Crippen LogP contribution in [0.4, 0.5) is 0 Å². The molecule has 1 fully saturated rings. The van der Waals surface area contributed by atoms with Crippen molar-refractivity contribution < 1.29 is 28.9 Å². The van der Waals surface area contributed by atoms with Gasteiger partial charge < -0.3 is 19.3 Å². The molecule has 1 aliphatic carbocycles. The quantitative estimate of drug-likeness (QED) is 0.410. The average molecular weight is 527 g/mol. The van der Waals surface area contributed by atoms with E-state index in [2.05, 4.69) is 6.08 Å². The number of benzene rings is 3. The smallest absolute Gasteiger partial charge is 0.339 e. The molecule has 5 rings (SSSR count). The molecule has 0 bridgehead atoms. The van der Waals surface area contributed by atoms with Crippen molar-refractivity contribution in [2.75, 3.05) is 20.8 Å².